The van der Waals surface area contributed by atoms with Crippen molar-refractivity contribution in [2.24, 2.45) is 5.92 Å². The van der Waals surface area contributed by atoms with Crippen molar-refractivity contribution in [3.63, 3.8) is 0 Å². The van der Waals surface area contributed by atoms with Gasteiger partial charge in [-0.15, -0.1) is 0 Å². The molecule has 0 atom stereocenters. The number of aromatic nitrogens is 2. The first-order valence-electron chi connectivity index (χ1n) is 8.13. The van der Waals surface area contributed by atoms with Crippen LogP contribution in [0.3, 0.4) is 0 Å². The first-order chi connectivity index (χ1) is 11.4. The van der Waals surface area contributed by atoms with Crippen LogP contribution in [0.1, 0.15) is 24.2 Å². The van der Waals surface area contributed by atoms with Crippen LogP contribution >= 0.6 is 11.6 Å². The minimum atomic E-state index is -3.46. The maximum Gasteiger partial charge on any atom is 0.243 e. The van der Waals surface area contributed by atoms with Gasteiger partial charge in [0.1, 0.15) is 0 Å². The molecule has 2 heterocycles. The molecule has 0 N–H and O–H groups in total. The van der Waals surface area contributed by atoms with Crippen molar-refractivity contribution in [3.8, 4) is 0 Å². The normalized spacial score (nSPS) is 17.3. The fourth-order valence-corrected chi connectivity index (χ4v) is 4.98. The minimum absolute atomic E-state index is 0.270. The molecule has 0 amide bonds. The molecule has 24 heavy (non-hydrogen) atoms. The van der Waals surface area contributed by atoms with Crippen molar-refractivity contribution in [2.45, 2.75) is 38.1 Å². The molecule has 1 fully saturated rings. The predicted octanol–water partition coefficient (Wildman–Crippen LogP) is 3.25. The highest BCUT2D eigenvalue weighted by atomic mass is 35.5. The summed E-state index contributed by atoms with van der Waals surface area (Å²) in [5.74, 6) is 0.453. The van der Waals surface area contributed by atoms with E-state index in [9.17, 15) is 8.42 Å². The smallest absolute Gasteiger partial charge is 0.243 e. The Morgan fingerprint density at radius 3 is 2.50 bits per heavy atom. The second-order valence-electron chi connectivity index (χ2n) is 6.41. The van der Waals surface area contributed by atoms with Crippen LogP contribution in [0, 0.1) is 19.8 Å². The summed E-state index contributed by atoms with van der Waals surface area (Å²) in [4.78, 5) is 0.270. The second kappa shape index (κ2) is 6.86. The van der Waals surface area contributed by atoms with Crippen molar-refractivity contribution < 1.29 is 8.42 Å². The average Bonchev–Trinajstić information content (AvgIpc) is 2.85. The molecule has 1 aromatic carbocycles. The fourth-order valence-electron chi connectivity index (χ4n) is 3.21. The second-order valence-corrected chi connectivity index (χ2v) is 8.79. The molecular weight excluding hydrogens is 346 g/mol. The van der Waals surface area contributed by atoms with Gasteiger partial charge in [0, 0.05) is 30.4 Å². The molecule has 0 unspecified atom stereocenters. The zero-order valence-electron chi connectivity index (χ0n) is 13.9. The van der Waals surface area contributed by atoms with Gasteiger partial charge in [-0.05, 0) is 56.9 Å². The van der Waals surface area contributed by atoms with Gasteiger partial charge in [0.15, 0.2) is 0 Å². The van der Waals surface area contributed by atoms with Crippen molar-refractivity contribution >= 4 is 21.6 Å². The Hall–Kier alpha value is -1.37. The summed E-state index contributed by atoms with van der Waals surface area (Å²) in [6, 6.07) is 8.53. The summed E-state index contributed by atoms with van der Waals surface area (Å²) in [5, 5.41) is 4.94. The predicted molar refractivity (Wildman–Crippen MR) is 94.6 cm³/mol. The van der Waals surface area contributed by atoms with Gasteiger partial charge in [-0.2, -0.15) is 9.40 Å². The van der Waals surface area contributed by atoms with Crippen LogP contribution in [-0.2, 0) is 16.6 Å². The number of sulfonamides is 1. The lowest BCUT2D eigenvalue weighted by Gasteiger charge is -2.31. The van der Waals surface area contributed by atoms with E-state index in [4.69, 9.17) is 11.6 Å². The standard InChI is InChI=1S/C17H22ClN3O2S/c1-13-10-14(2)21(19-13)12-15-6-8-20(9-7-15)24(22,23)17-5-3-4-16(18)11-17/h3-5,10-11,15H,6-9,12H2,1-2H3. The van der Waals surface area contributed by atoms with Crippen molar-refractivity contribution in [2.75, 3.05) is 13.1 Å². The van der Waals surface area contributed by atoms with E-state index >= 15 is 0 Å². The fraction of sp³-hybridized carbons (Fsp3) is 0.471. The van der Waals surface area contributed by atoms with Crippen LogP contribution in [0.4, 0.5) is 0 Å². The quantitative estimate of drug-likeness (QED) is 0.833. The van der Waals surface area contributed by atoms with E-state index in [0.29, 0.717) is 24.0 Å². The molecule has 2 aromatic rings. The van der Waals surface area contributed by atoms with E-state index in [1.165, 1.54) is 6.07 Å². The molecule has 130 valence electrons. The lowest BCUT2D eigenvalue weighted by molar-refractivity contribution is 0.246. The summed E-state index contributed by atoms with van der Waals surface area (Å²) in [5.41, 5.74) is 2.18. The average molecular weight is 368 g/mol. The number of hydrogen-bond acceptors (Lipinski definition) is 3. The van der Waals surface area contributed by atoms with E-state index in [2.05, 4.69) is 18.1 Å². The number of halogens is 1. The molecule has 1 saturated heterocycles. The topological polar surface area (TPSA) is 55.2 Å². The zero-order chi connectivity index (χ0) is 17.3. The first-order valence-corrected chi connectivity index (χ1v) is 9.95. The Bertz CT molecular complexity index is 824. The summed E-state index contributed by atoms with van der Waals surface area (Å²) in [6.45, 7) is 5.98. The van der Waals surface area contributed by atoms with Gasteiger partial charge in [0.25, 0.3) is 0 Å². The lowest BCUT2D eigenvalue weighted by Crippen LogP contribution is -2.39. The Balaban J connectivity index is 1.65. The van der Waals surface area contributed by atoms with Gasteiger partial charge in [-0.1, -0.05) is 17.7 Å². The summed E-state index contributed by atoms with van der Waals surface area (Å²) < 4.78 is 29.0. The van der Waals surface area contributed by atoms with Gasteiger partial charge in [0.05, 0.1) is 10.6 Å². The van der Waals surface area contributed by atoms with Crippen LogP contribution in [0.5, 0.6) is 0 Å². The summed E-state index contributed by atoms with van der Waals surface area (Å²) >= 11 is 5.93. The molecule has 7 heteroatoms. The number of piperidine rings is 1. The molecule has 0 bridgehead atoms. The maximum atomic E-state index is 12.7. The molecule has 3 rings (SSSR count). The molecule has 0 radical (unpaired) electrons. The third-order valence-electron chi connectivity index (χ3n) is 4.54. The van der Waals surface area contributed by atoms with E-state index in [-0.39, 0.29) is 4.90 Å². The van der Waals surface area contributed by atoms with Crippen molar-refractivity contribution in [1.82, 2.24) is 14.1 Å². The number of aryl methyl sites for hydroxylation is 2. The van der Waals surface area contributed by atoms with E-state index < -0.39 is 10.0 Å². The van der Waals surface area contributed by atoms with Crippen LogP contribution in [0.15, 0.2) is 35.2 Å². The van der Waals surface area contributed by atoms with Gasteiger partial charge in [0.2, 0.25) is 10.0 Å². The minimum Gasteiger partial charge on any atom is -0.269 e. The van der Waals surface area contributed by atoms with Gasteiger partial charge >= 0.3 is 0 Å². The number of nitrogens with zero attached hydrogens (tertiary/aromatic N) is 3. The van der Waals surface area contributed by atoms with Crippen molar-refractivity contribution in [1.29, 1.82) is 0 Å². The lowest BCUT2D eigenvalue weighted by atomic mass is 9.98. The third kappa shape index (κ3) is 3.66. The SMILES string of the molecule is Cc1cc(C)n(CC2CCN(S(=O)(=O)c3cccc(Cl)c3)CC2)n1. The van der Waals surface area contributed by atoms with Gasteiger partial charge < -0.3 is 0 Å². The molecule has 1 aromatic heterocycles. The van der Waals surface area contributed by atoms with Gasteiger partial charge in [-0.25, -0.2) is 8.42 Å². The van der Waals surface area contributed by atoms with Crippen LogP contribution in [-0.4, -0.2) is 35.6 Å². The molecule has 0 aliphatic carbocycles. The Labute approximate surface area is 148 Å². The molecule has 1 aliphatic rings. The van der Waals surface area contributed by atoms with Gasteiger partial charge in [-0.3, -0.25) is 4.68 Å². The number of rotatable bonds is 4. The Morgan fingerprint density at radius 1 is 1.21 bits per heavy atom. The summed E-state index contributed by atoms with van der Waals surface area (Å²) in [7, 11) is -3.46. The maximum absolute atomic E-state index is 12.7. The largest absolute Gasteiger partial charge is 0.269 e. The molecule has 1 aliphatic heterocycles. The zero-order valence-corrected chi connectivity index (χ0v) is 15.5. The first kappa shape index (κ1) is 17.5. The molecule has 5 nitrogen and oxygen atoms in total. The van der Waals surface area contributed by atoms with Crippen molar-refractivity contribution in [3.05, 3.63) is 46.7 Å². The molecule has 0 spiro atoms. The molecular formula is C17H22ClN3O2S. The van der Waals surface area contributed by atoms with E-state index in [1.807, 2.05) is 11.6 Å². The number of hydrogen-bond donors (Lipinski definition) is 0. The van der Waals surface area contributed by atoms with E-state index in [0.717, 1.165) is 30.8 Å². The number of benzene rings is 1. The summed E-state index contributed by atoms with van der Waals surface area (Å²) in [6.07, 6.45) is 1.69. The van der Waals surface area contributed by atoms with Crippen LogP contribution < -0.4 is 0 Å². The Kier molecular flexibility index (Phi) is 4.99. The highest BCUT2D eigenvalue weighted by Crippen LogP contribution is 2.26. The van der Waals surface area contributed by atoms with Crippen LogP contribution in [0.2, 0.25) is 5.02 Å². The monoisotopic (exact) mass is 367 g/mol. The molecule has 0 saturated carbocycles. The third-order valence-corrected chi connectivity index (χ3v) is 6.67. The Morgan fingerprint density at radius 2 is 1.92 bits per heavy atom. The van der Waals surface area contributed by atoms with Crippen LogP contribution in [0.25, 0.3) is 0 Å². The van der Waals surface area contributed by atoms with E-state index in [1.54, 1.807) is 22.5 Å². The highest BCUT2D eigenvalue weighted by Gasteiger charge is 2.29. The highest BCUT2D eigenvalue weighted by molar-refractivity contribution is 7.89.